The molecule has 30 heavy (non-hydrogen) atoms. The van der Waals surface area contributed by atoms with Crippen LogP contribution in [0.5, 0.6) is 0 Å². The van der Waals surface area contributed by atoms with Crippen molar-refractivity contribution in [2.75, 3.05) is 31.6 Å². The zero-order chi connectivity index (χ0) is 21.7. The van der Waals surface area contributed by atoms with E-state index in [1.54, 1.807) is 19.1 Å². The number of thioether (sulfide) groups is 1. The number of benzene rings is 1. The summed E-state index contributed by atoms with van der Waals surface area (Å²) in [5.41, 5.74) is 0.186. The number of H-pyrrole nitrogens is 1. The second kappa shape index (κ2) is 9.77. The van der Waals surface area contributed by atoms with Crippen molar-refractivity contribution in [1.29, 1.82) is 0 Å². The molecule has 0 aliphatic carbocycles. The van der Waals surface area contributed by atoms with Gasteiger partial charge >= 0.3 is 5.69 Å². The average molecular weight is 456 g/mol. The zero-order valence-electron chi connectivity index (χ0n) is 16.8. The first-order chi connectivity index (χ1) is 14.3. The number of amides is 1. The summed E-state index contributed by atoms with van der Waals surface area (Å²) in [5.74, 6) is -0.276. The number of carbonyl (C=O) groups is 1. The van der Waals surface area contributed by atoms with Crippen LogP contribution in [0.3, 0.4) is 0 Å². The Labute approximate surface area is 179 Å². The minimum atomic E-state index is -3.58. The smallest absolute Gasteiger partial charge is 0.343 e. The molecule has 0 bridgehead atoms. The molecule has 2 aromatic rings. The molecule has 0 spiro atoms. The molecule has 1 saturated heterocycles. The number of ether oxygens (including phenoxy) is 1. The number of aromatic amines is 1. The average Bonchev–Trinajstić information content (AvgIpc) is 3.08. The largest absolute Gasteiger partial charge is 0.379 e. The van der Waals surface area contributed by atoms with Crippen molar-refractivity contribution in [3.63, 3.8) is 0 Å². The van der Waals surface area contributed by atoms with E-state index >= 15 is 0 Å². The van der Waals surface area contributed by atoms with Gasteiger partial charge in [-0.15, -0.1) is 5.10 Å². The van der Waals surface area contributed by atoms with Crippen molar-refractivity contribution in [2.24, 2.45) is 0 Å². The second-order valence-electron chi connectivity index (χ2n) is 6.75. The number of nitrogens with zero attached hydrogens (tertiary/aromatic N) is 3. The molecule has 2 heterocycles. The van der Waals surface area contributed by atoms with Crippen LogP contribution >= 0.6 is 11.8 Å². The summed E-state index contributed by atoms with van der Waals surface area (Å²) in [6.07, 6.45) is 0.771. The molecular formula is C18H25N5O5S2. The maximum absolute atomic E-state index is 12.7. The minimum Gasteiger partial charge on any atom is -0.379 e. The van der Waals surface area contributed by atoms with Crippen molar-refractivity contribution >= 4 is 33.4 Å². The van der Waals surface area contributed by atoms with E-state index in [0.717, 1.165) is 6.42 Å². The molecular weight excluding hydrogens is 430 g/mol. The van der Waals surface area contributed by atoms with E-state index in [-0.39, 0.29) is 16.5 Å². The molecule has 1 aliphatic heterocycles. The highest BCUT2D eigenvalue weighted by molar-refractivity contribution is 8.00. The molecule has 1 aliphatic rings. The molecule has 2 N–H and O–H groups in total. The molecule has 164 valence electrons. The van der Waals surface area contributed by atoms with Gasteiger partial charge in [0.15, 0.2) is 5.16 Å². The maximum atomic E-state index is 12.7. The lowest BCUT2D eigenvalue weighted by Crippen LogP contribution is -2.40. The van der Waals surface area contributed by atoms with Crippen molar-refractivity contribution in [1.82, 2.24) is 19.1 Å². The molecule has 1 aromatic heterocycles. The van der Waals surface area contributed by atoms with Gasteiger partial charge in [-0.05, 0) is 37.6 Å². The summed E-state index contributed by atoms with van der Waals surface area (Å²) in [6.45, 7) is 5.60. The summed E-state index contributed by atoms with van der Waals surface area (Å²) in [4.78, 5) is 24.5. The maximum Gasteiger partial charge on any atom is 0.343 e. The van der Waals surface area contributed by atoms with E-state index in [0.29, 0.717) is 43.7 Å². The highest BCUT2D eigenvalue weighted by atomic mass is 32.2. The number of carbonyl (C=O) groups excluding carboxylic acids is 1. The quantitative estimate of drug-likeness (QED) is 0.571. The van der Waals surface area contributed by atoms with Gasteiger partial charge in [0.2, 0.25) is 15.9 Å². The molecule has 0 radical (unpaired) electrons. The van der Waals surface area contributed by atoms with Gasteiger partial charge < -0.3 is 10.1 Å². The molecule has 12 heteroatoms. The van der Waals surface area contributed by atoms with Gasteiger partial charge in [0.05, 0.1) is 23.4 Å². The van der Waals surface area contributed by atoms with E-state index in [4.69, 9.17) is 4.74 Å². The van der Waals surface area contributed by atoms with Crippen LogP contribution in [-0.2, 0) is 26.1 Å². The van der Waals surface area contributed by atoms with E-state index in [1.807, 2.05) is 6.92 Å². The minimum absolute atomic E-state index is 0.171. The van der Waals surface area contributed by atoms with E-state index in [2.05, 4.69) is 15.5 Å². The third-order valence-electron chi connectivity index (χ3n) is 4.55. The third kappa shape index (κ3) is 5.12. The predicted octanol–water partition coefficient (Wildman–Crippen LogP) is 1.12. The summed E-state index contributed by atoms with van der Waals surface area (Å²) in [5, 5.41) is 9.09. The first kappa shape index (κ1) is 22.5. The SMILES string of the molecule is CCCn1c(SC(C)C(=O)Nc2ccc(S(=O)(=O)N3CCOCC3)cc2)n[nH]c1=O. The molecule has 0 saturated carbocycles. The number of anilines is 1. The van der Waals surface area contributed by atoms with Crippen LogP contribution in [0.1, 0.15) is 20.3 Å². The Morgan fingerprint density at radius 1 is 1.30 bits per heavy atom. The van der Waals surface area contributed by atoms with Gasteiger partial charge in [0.25, 0.3) is 0 Å². The van der Waals surface area contributed by atoms with Crippen molar-refractivity contribution in [2.45, 2.75) is 42.1 Å². The van der Waals surface area contributed by atoms with Gasteiger partial charge in [0, 0.05) is 25.3 Å². The lowest BCUT2D eigenvalue weighted by molar-refractivity contribution is -0.115. The number of sulfonamides is 1. The molecule has 1 aromatic carbocycles. The van der Waals surface area contributed by atoms with Gasteiger partial charge in [-0.2, -0.15) is 4.31 Å². The number of hydrogen-bond donors (Lipinski definition) is 2. The third-order valence-corrected chi connectivity index (χ3v) is 7.55. The zero-order valence-corrected chi connectivity index (χ0v) is 18.5. The molecule has 1 atom stereocenters. The molecule has 10 nitrogen and oxygen atoms in total. The Morgan fingerprint density at radius 2 is 1.97 bits per heavy atom. The lowest BCUT2D eigenvalue weighted by Gasteiger charge is -2.26. The number of morpholine rings is 1. The first-order valence-corrected chi connectivity index (χ1v) is 12.0. The highest BCUT2D eigenvalue weighted by Gasteiger charge is 2.26. The second-order valence-corrected chi connectivity index (χ2v) is 10.00. The summed E-state index contributed by atoms with van der Waals surface area (Å²) >= 11 is 1.18. The molecule has 1 fully saturated rings. The normalized spacial score (nSPS) is 16.3. The number of hydrogen-bond acceptors (Lipinski definition) is 7. The number of aromatic nitrogens is 3. The molecule has 3 rings (SSSR count). The van der Waals surface area contributed by atoms with Gasteiger partial charge in [-0.1, -0.05) is 18.7 Å². The van der Waals surface area contributed by atoms with Crippen LogP contribution in [0, 0.1) is 0 Å². The van der Waals surface area contributed by atoms with Crippen LogP contribution in [-0.4, -0.2) is 64.9 Å². The molecule has 1 amide bonds. The van der Waals surface area contributed by atoms with E-state index in [1.165, 1.54) is 32.8 Å². The predicted molar refractivity (Wildman–Crippen MR) is 113 cm³/mol. The Kier molecular flexibility index (Phi) is 7.34. The van der Waals surface area contributed by atoms with Gasteiger partial charge in [-0.25, -0.2) is 18.3 Å². The van der Waals surface area contributed by atoms with Crippen LogP contribution in [0.2, 0.25) is 0 Å². The van der Waals surface area contributed by atoms with Crippen LogP contribution in [0.25, 0.3) is 0 Å². The van der Waals surface area contributed by atoms with Gasteiger partial charge in [0.1, 0.15) is 0 Å². The Morgan fingerprint density at radius 3 is 2.60 bits per heavy atom. The van der Waals surface area contributed by atoms with Crippen LogP contribution in [0.4, 0.5) is 5.69 Å². The summed E-state index contributed by atoms with van der Waals surface area (Å²) in [6, 6.07) is 6.07. The first-order valence-electron chi connectivity index (χ1n) is 9.63. The van der Waals surface area contributed by atoms with E-state index in [9.17, 15) is 18.0 Å². The van der Waals surface area contributed by atoms with Crippen molar-refractivity contribution < 1.29 is 17.9 Å². The summed E-state index contributed by atoms with van der Waals surface area (Å²) in [7, 11) is -3.58. The van der Waals surface area contributed by atoms with Crippen molar-refractivity contribution in [3.05, 3.63) is 34.7 Å². The fourth-order valence-corrected chi connectivity index (χ4v) is 5.21. The van der Waals surface area contributed by atoms with E-state index < -0.39 is 15.3 Å². The molecule has 1 unspecified atom stereocenters. The topological polar surface area (TPSA) is 126 Å². The van der Waals surface area contributed by atoms with Crippen LogP contribution in [0.15, 0.2) is 39.1 Å². The fraction of sp³-hybridized carbons (Fsp3) is 0.500. The Hall–Kier alpha value is -2.15. The van der Waals surface area contributed by atoms with Crippen molar-refractivity contribution in [3.8, 4) is 0 Å². The Bertz CT molecular complexity index is 1030. The highest BCUT2D eigenvalue weighted by Crippen LogP contribution is 2.23. The standard InChI is InChI=1S/C18H25N5O5S2/c1-3-8-23-17(25)20-21-18(23)29-13(2)16(24)19-14-4-6-15(7-5-14)30(26,27)22-9-11-28-12-10-22/h4-7,13H,3,8-12H2,1-2H3,(H,19,24)(H,20,25). The van der Waals surface area contributed by atoms with Crippen LogP contribution < -0.4 is 11.0 Å². The number of nitrogens with one attached hydrogen (secondary N) is 2. The summed E-state index contributed by atoms with van der Waals surface area (Å²) < 4.78 is 33.4. The van der Waals surface area contributed by atoms with Gasteiger partial charge in [-0.3, -0.25) is 9.36 Å². The number of rotatable bonds is 8. The lowest BCUT2D eigenvalue weighted by atomic mass is 10.3. The Balaban J connectivity index is 1.63. The monoisotopic (exact) mass is 455 g/mol. The fourth-order valence-electron chi connectivity index (χ4n) is 2.92.